The molecule has 0 radical (unpaired) electrons. The number of hydroxylamine groups is 1. The molecular weight excluding hydrogens is 194 g/mol. The second kappa shape index (κ2) is 3.55. The molecule has 2 rings (SSSR count). The lowest BCUT2D eigenvalue weighted by Gasteiger charge is -2.13. The summed E-state index contributed by atoms with van der Waals surface area (Å²) in [4.78, 5) is 11.5. The van der Waals surface area contributed by atoms with Crippen molar-refractivity contribution < 1.29 is 14.7 Å². The number of benzene rings is 1. The van der Waals surface area contributed by atoms with Gasteiger partial charge in [-0.2, -0.15) is 0 Å². The summed E-state index contributed by atoms with van der Waals surface area (Å²) in [6.45, 7) is 0. The van der Waals surface area contributed by atoms with Gasteiger partial charge >= 0.3 is 0 Å². The van der Waals surface area contributed by atoms with Crippen LogP contribution in [-0.2, 0) is 10.2 Å². The molecule has 1 aliphatic rings. The number of nitrogens with one attached hydrogen (secondary N) is 1. The molecule has 0 aliphatic heterocycles. The van der Waals surface area contributed by atoms with E-state index in [0.29, 0.717) is 0 Å². The van der Waals surface area contributed by atoms with Gasteiger partial charge in [-0.1, -0.05) is 12.1 Å². The maximum absolute atomic E-state index is 11.5. The van der Waals surface area contributed by atoms with Crippen molar-refractivity contribution in [2.45, 2.75) is 18.3 Å². The highest BCUT2D eigenvalue weighted by molar-refractivity contribution is 5.90. The summed E-state index contributed by atoms with van der Waals surface area (Å²) in [6.07, 6.45) is 1.57. The van der Waals surface area contributed by atoms with Gasteiger partial charge in [0, 0.05) is 0 Å². The van der Waals surface area contributed by atoms with Crippen LogP contribution in [-0.4, -0.2) is 18.2 Å². The van der Waals surface area contributed by atoms with E-state index in [2.05, 4.69) is 0 Å². The fourth-order valence-electron chi connectivity index (χ4n) is 1.79. The van der Waals surface area contributed by atoms with E-state index in [0.717, 1.165) is 24.2 Å². The lowest BCUT2D eigenvalue weighted by Crippen LogP contribution is -2.32. The second-order valence-electron chi connectivity index (χ2n) is 3.75. The predicted octanol–water partition coefficient (Wildman–Crippen LogP) is 1.23. The number of ether oxygens (including phenoxy) is 1. The van der Waals surface area contributed by atoms with Gasteiger partial charge in [0.2, 0.25) is 0 Å². The van der Waals surface area contributed by atoms with Gasteiger partial charge < -0.3 is 4.74 Å². The topological polar surface area (TPSA) is 58.6 Å². The Kier molecular flexibility index (Phi) is 2.36. The molecule has 0 bridgehead atoms. The van der Waals surface area contributed by atoms with Crippen molar-refractivity contribution >= 4 is 5.91 Å². The molecule has 0 heterocycles. The van der Waals surface area contributed by atoms with Crippen LogP contribution in [0.1, 0.15) is 18.4 Å². The second-order valence-corrected chi connectivity index (χ2v) is 3.75. The number of hydrogen-bond donors (Lipinski definition) is 2. The molecule has 0 spiro atoms. The van der Waals surface area contributed by atoms with Gasteiger partial charge in [0.25, 0.3) is 5.91 Å². The van der Waals surface area contributed by atoms with Crippen molar-refractivity contribution in [2.75, 3.05) is 7.11 Å². The lowest BCUT2D eigenvalue weighted by molar-refractivity contribution is -0.131. The highest BCUT2D eigenvalue weighted by Crippen LogP contribution is 2.48. The van der Waals surface area contributed by atoms with E-state index < -0.39 is 5.41 Å². The quantitative estimate of drug-likeness (QED) is 0.579. The zero-order chi connectivity index (χ0) is 10.9. The Bertz CT molecular complexity index is 368. The van der Waals surface area contributed by atoms with Gasteiger partial charge in [-0.3, -0.25) is 10.0 Å². The molecule has 2 N–H and O–H groups in total. The van der Waals surface area contributed by atoms with Gasteiger partial charge in [0.15, 0.2) is 0 Å². The molecule has 0 atom stereocenters. The largest absolute Gasteiger partial charge is 0.497 e. The molecule has 80 valence electrons. The van der Waals surface area contributed by atoms with Crippen LogP contribution in [0, 0.1) is 0 Å². The Labute approximate surface area is 87.8 Å². The molecule has 0 unspecified atom stereocenters. The highest BCUT2D eigenvalue weighted by Gasteiger charge is 2.51. The molecule has 1 aliphatic carbocycles. The molecule has 0 saturated heterocycles. The third kappa shape index (κ3) is 1.57. The average Bonchev–Trinajstić information content (AvgIpc) is 3.09. The molecule has 1 fully saturated rings. The van der Waals surface area contributed by atoms with E-state index in [1.165, 1.54) is 0 Å². The van der Waals surface area contributed by atoms with Crippen molar-refractivity contribution in [3.05, 3.63) is 29.8 Å². The summed E-state index contributed by atoms with van der Waals surface area (Å²) in [6, 6.07) is 7.36. The van der Waals surface area contributed by atoms with Gasteiger partial charge in [0.05, 0.1) is 12.5 Å². The molecular formula is C11H13NO3. The van der Waals surface area contributed by atoms with Crippen LogP contribution in [0.3, 0.4) is 0 Å². The van der Waals surface area contributed by atoms with Crippen LogP contribution >= 0.6 is 0 Å². The van der Waals surface area contributed by atoms with Crippen molar-refractivity contribution in [1.29, 1.82) is 0 Å². The van der Waals surface area contributed by atoms with Crippen molar-refractivity contribution in [3.63, 3.8) is 0 Å². The molecule has 15 heavy (non-hydrogen) atoms. The molecule has 4 heteroatoms. The Hall–Kier alpha value is -1.55. The summed E-state index contributed by atoms with van der Waals surface area (Å²) < 4.78 is 5.04. The highest BCUT2D eigenvalue weighted by atomic mass is 16.5. The number of rotatable bonds is 3. The molecule has 4 nitrogen and oxygen atoms in total. The molecule has 1 amide bonds. The van der Waals surface area contributed by atoms with Crippen LogP contribution < -0.4 is 10.2 Å². The van der Waals surface area contributed by atoms with Crippen molar-refractivity contribution in [2.24, 2.45) is 0 Å². The van der Waals surface area contributed by atoms with Crippen LogP contribution in [0.4, 0.5) is 0 Å². The van der Waals surface area contributed by atoms with Crippen molar-refractivity contribution in [1.82, 2.24) is 5.48 Å². The number of hydrogen-bond acceptors (Lipinski definition) is 3. The first-order valence-corrected chi connectivity index (χ1v) is 4.82. The van der Waals surface area contributed by atoms with E-state index in [1.54, 1.807) is 12.6 Å². The van der Waals surface area contributed by atoms with E-state index in [-0.39, 0.29) is 5.91 Å². The first-order chi connectivity index (χ1) is 7.23. The van der Waals surface area contributed by atoms with Crippen molar-refractivity contribution in [3.8, 4) is 5.75 Å². The summed E-state index contributed by atoms with van der Waals surface area (Å²) >= 11 is 0. The van der Waals surface area contributed by atoms with Gasteiger partial charge in [-0.25, -0.2) is 5.48 Å². The molecule has 1 aromatic rings. The molecule has 1 saturated carbocycles. The van der Waals surface area contributed by atoms with Gasteiger partial charge in [-0.05, 0) is 30.5 Å². The Balaban J connectivity index is 2.26. The maximum atomic E-state index is 11.5. The normalized spacial score (nSPS) is 16.9. The number of carbonyl (C=O) groups is 1. The van der Waals surface area contributed by atoms with E-state index in [1.807, 2.05) is 24.3 Å². The van der Waals surface area contributed by atoms with Crippen LogP contribution in [0.15, 0.2) is 24.3 Å². The fourth-order valence-corrected chi connectivity index (χ4v) is 1.79. The smallest absolute Gasteiger partial charge is 0.253 e. The number of methoxy groups -OCH3 is 1. The maximum Gasteiger partial charge on any atom is 0.253 e. The van der Waals surface area contributed by atoms with Crippen LogP contribution in [0.25, 0.3) is 0 Å². The lowest BCUT2D eigenvalue weighted by atomic mass is 9.95. The zero-order valence-electron chi connectivity index (χ0n) is 8.49. The van der Waals surface area contributed by atoms with Gasteiger partial charge in [0.1, 0.15) is 5.75 Å². The minimum absolute atomic E-state index is 0.326. The number of amides is 1. The van der Waals surface area contributed by atoms with E-state index in [9.17, 15) is 4.79 Å². The zero-order valence-corrected chi connectivity index (χ0v) is 8.49. The Morgan fingerprint density at radius 3 is 2.40 bits per heavy atom. The summed E-state index contributed by atoms with van der Waals surface area (Å²) in [5, 5.41) is 8.65. The third-order valence-corrected chi connectivity index (χ3v) is 2.93. The van der Waals surface area contributed by atoms with Crippen LogP contribution in [0.5, 0.6) is 5.75 Å². The van der Waals surface area contributed by atoms with Gasteiger partial charge in [-0.15, -0.1) is 0 Å². The Morgan fingerprint density at radius 2 is 2.00 bits per heavy atom. The molecule has 0 aromatic heterocycles. The average molecular weight is 207 g/mol. The van der Waals surface area contributed by atoms with E-state index >= 15 is 0 Å². The van der Waals surface area contributed by atoms with E-state index in [4.69, 9.17) is 9.94 Å². The minimum atomic E-state index is -0.513. The summed E-state index contributed by atoms with van der Waals surface area (Å²) in [5.41, 5.74) is 2.14. The SMILES string of the molecule is COc1ccc(C2(C(=O)NO)CC2)cc1. The standard InChI is InChI=1S/C11H13NO3/c1-15-9-4-2-8(3-5-9)11(6-7-11)10(13)12-14/h2-5,14H,6-7H2,1H3,(H,12,13). The number of carbonyl (C=O) groups excluding carboxylic acids is 1. The monoisotopic (exact) mass is 207 g/mol. The summed E-state index contributed by atoms with van der Waals surface area (Å²) in [5.74, 6) is 0.437. The first kappa shape index (κ1) is 9.98. The third-order valence-electron chi connectivity index (χ3n) is 2.93. The molecule has 1 aromatic carbocycles. The first-order valence-electron chi connectivity index (χ1n) is 4.82. The predicted molar refractivity (Wildman–Crippen MR) is 53.8 cm³/mol. The summed E-state index contributed by atoms with van der Waals surface area (Å²) in [7, 11) is 1.60. The Morgan fingerprint density at radius 1 is 1.40 bits per heavy atom. The fraction of sp³-hybridized carbons (Fsp3) is 0.364. The van der Waals surface area contributed by atoms with Crippen LogP contribution in [0.2, 0.25) is 0 Å². The minimum Gasteiger partial charge on any atom is -0.497 e.